The van der Waals surface area contributed by atoms with E-state index in [2.05, 4.69) is 24.2 Å². The van der Waals surface area contributed by atoms with Gasteiger partial charge in [0.25, 0.3) is 5.91 Å². The lowest BCUT2D eigenvalue weighted by Crippen LogP contribution is -2.46. The molecular weight excluding hydrogens is 408 g/mol. The van der Waals surface area contributed by atoms with Crippen LogP contribution in [0, 0.1) is 12.8 Å². The van der Waals surface area contributed by atoms with Crippen molar-refractivity contribution in [3.8, 4) is 5.75 Å². The normalized spacial score (nSPS) is 18.0. The highest BCUT2D eigenvalue weighted by atomic mass is 16.6. The van der Waals surface area contributed by atoms with Gasteiger partial charge in [0.2, 0.25) is 5.91 Å². The number of nitrogens with zero attached hydrogens (tertiary/aromatic N) is 4. The standard InChI is InChI=1S/C24H34N4O4/c1-5-27-12-8-9-13-28(23(29)15-21-18(4)25-32-26-21)19(14-17(2)3)16-31-22-11-7-6-10-20(22)24(27)30/h6-7,10-11,17,19H,5,8-9,12-16H2,1-4H3/t19-/m0/s1. The van der Waals surface area contributed by atoms with Gasteiger partial charge in [0.05, 0.1) is 18.0 Å². The number of hydrogen-bond acceptors (Lipinski definition) is 6. The number of hydrogen-bond donors (Lipinski definition) is 0. The average molecular weight is 443 g/mol. The minimum atomic E-state index is -0.104. The SMILES string of the molecule is CCN1CCCCN(C(=O)Cc2nonc2C)[C@@H](CC(C)C)COc2ccccc2C1=O. The maximum Gasteiger partial charge on any atom is 0.257 e. The van der Waals surface area contributed by atoms with Crippen molar-refractivity contribution in [3.05, 3.63) is 41.2 Å². The zero-order valence-electron chi connectivity index (χ0n) is 19.5. The van der Waals surface area contributed by atoms with Gasteiger partial charge in [-0.25, -0.2) is 4.63 Å². The molecule has 3 rings (SSSR count). The van der Waals surface area contributed by atoms with Gasteiger partial charge >= 0.3 is 0 Å². The Morgan fingerprint density at radius 2 is 1.94 bits per heavy atom. The first-order chi connectivity index (χ1) is 15.4. The van der Waals surface area contributed by atoms with E-state index in [0.717, 1.165) is 19.3 Å². The molecule has 1 aromatic heterocycles. The first-order valence-electron chi connectivity index (χ1n) is 11.5. The zero-order chi connectivity index (χ0) is 23.1. The quantitative estimate of drug-likeness (QED) is 0.704. The topological polar surface area (TPSA) is 88.8 Å². The molecule has 8 nitrogen and oxygen atoms in total. The van der Waals surface area contributed by atoms with Crippen molar-refractivity contribution in [2.75, 3.05) is 26.2 Å². The molecule has 1 atom stereocenters. The summed E-state index contributed by atoms with van der Waals surface area (Å²) in [6.45, 7) is 10.3. The van der Waals surface area contributed by atoms with Crippen molar-refractivity contribution < 1.29 is 19.0 Å². The van der Waals surface area contributed by atoms with Gasteiger partial charge in [-0.15, -0.1) is 0 Å². The summed E-state index contributed by atoms with van der Waals surface area (Å²) in [5, 5.41) is 7.69. The van der Waals surface area contributed by atoms with Gasteiger partial charge in [0.15, 0.2) is 0 Å². The molecule has 0 radical (unpaired) electrons. The van der Waals surface area contributed by atoms with Crippen molar-refractivity contribution in [3.63, 3.8) is 0 Å². The summed E-state index contributed by atoms with van der Waals surface area (Å²) in [4.78, 5) is 30.2. The number of para-hydroxylation sites is 1. The Hall–Kier alpha value is -2.90. The van der Waals surface area contributed by atoms with E-state index in [1.54, 1.807) is 6.92 Å². The summed E-state index contributed by atoms with van der Waals surface area (Å²) in [6, 6.07) is 7.26. The van der Waals surface area contributed by atoms with Gasteiger partial charge in [0, 0.05) is 19.6 Å². The van der Waals surface area contributed by atoms with Crippen molar-refractivity contribution in [2.45, 2.75) is 59.4 Å². The minimum absolute atomic E-state index is 0.00758. The van der Waals surface area contributed by atoms with Crippen LogP contribution in [-0.2, 0) is 11.2 Å². The predicted octanol–water partition coefficient (Wildman–Crippen LogP) is 3.50. The van der Waals surface area contributed by atoms with Gasteiger partial charge < -0.3 is 14.5 Å². The Morgan fingerprint density at radius 1 is 1.19 bits per heavy atom. The van der Waals surface area contributed by atoms with E-state index < -0.39 is 0 Å². The second kappa shape index (κ2) is 11.1. The van der Waals surface area contributed by atoms with Crippen LogP contribution >= 0.6 is 0 Å². The van der Waals surface area contributed by atoms with E-state index >= 15 is 0 Å². The van der Waals surface area contributed by atoms with E-state index in [9.17, 15) is 9.59 Å². The predicted molar refractivity (Wildman–Crippen MR) is 120 cm³/mol. The van der Waals surface area contributed by atoms with Crippen LogP contribution in [0.25, 0.3) is 0 Å². The third-order valence-corrected chi connectivity index (χ3v) is 5.86. The summed E-state index contributed by atoms with van der Waals surface area (Å²) in [5.41, 5.74) is 1.77. The van der Waals surface area contributed by atoms with E-state index in [4.69, 9.17) is 9.37 Å². The molecule has 0 N–H and O–H groups in total. The molecule has 0 unspecified atom stereocenters. The molecule has 32 heavy (non-hydrogen) atoms. The van der Waals surface area contributed by atoms with Crippen LogP contribution in [0.1, 0.15) is 61.8 Å². The molecule has 0 aliphatic carbocycles. The molecule has 0 fully saturated rings. The minimum Gasteiger partial charge on any atom is -0.491 e. The van der Waals surface area contributed by atoms with E-state index in [-0.39, 0.29) is 24.3 Å². The van der Waals surface area contributed by atoms with Crippen LogP contribution in [0.5, 0.6) is 5.75 Å². The number of aromatic nitrogens is 2. The number of fused-ring (bicyclic) bond motifs is 1. The largest absolute Gasteiger partial charge is 0.491 e. The highest BCUT2D eigenvalue weighted by molar-refractivity contribution is 5.97. The number of ether oxygens (including phenoxy) is 1. The smallest absolute Gasteiger partial charge is 0.257 e. The fourth-order valence-corrected chi connectivity index (χ4v) is 4.11. The number of amides is 2. The van der Waals surface area contributed by atoms with Crippen LogP contribution < -0.4 is 4.74 Å². The summed E-state index contributed by atoms with van der Waals surface area (Å²) in [6.07, 6.45) is 2.59. The number of rotatable bonds is 5. The molecule has 2 heterocycles. The zero-order valence-corrected chi connectivity index (χ0v) is 19.5. The van der Waals surface area contributed by atoms with Crippen molar-refractivity contribution in [1.82, 2.24) is 20.1 Å². The van der Waals surface area contributed by atoms with E-state index in [0.29, 0.717) is 54.9 Å². The molecular formula is C24H34N4O4. The molecule has 0 spiro atoms. The molecule has 0 saturated carbocycles. The maximum absolute atomic E-state index is 13.3. The average Bonchev–Trinajstić information content (AvgIpc) is 3.17. The van der Waals surface area contributed by atoms with Gasteiger partial charge in [-0.2, -0.15) is 0 Å². The Labute approximate surface area is 189 Å². The van der Waals surface area contributed by atoms with Crippen molar-refractivity contribution in [2.24, 2.45) is 5.92 Å². The van der Waals surface area contributed by atoms with Crippen molar-refractivity contribution in [1.29, 1.82) is 0 Å². The van der Waals surface area contributed by atoms with E-state index in [1.807, 2.05) is 41.0 Å². The highest BCUT2D eigenvalue weighted by Gasteiger charge is 2.28. The molecule has 1 aromatic carbocycles. The number of carbonyl (C=O) groups is 2. The lowest BCUT2D eigenvalue weighted by Gasteiger charge is -2.34. The third-order valence-electron chi connectivity index (χ3n) is 5.86. The van der Waals surface area contributed by atoms with E-state index in [1.165, 1.54) is 0 Å². The Bertz CT molecular complexity index is 911. The summed E-state index contributed by atoms with van der Waals surface area (Å²) >= 11 is 0. The lowest BCUT2D eigenvalue weighted by molar-refractivity contribution is -0.134. The lowest BCUT2D eigenvalue weighted by atomic mass is 10.0. The van der Waals surface area contributed by atoms with Gasteiger partial charge in [0.1, 0.15) is 23.7 Å². The highest BCUT2D eigenvalue weighted by Crippen LogP contribution is 2.23. The molecule has 1 aliphatic heterocycles. The second-order valence-corrected chi connectivity index (χ2v) is 8.74. The third kappa shape index (κ3) is 5.87. The number of carbonyl (C=O) groups excluding carboxylic acids is 2. The molecule has 0 bridgehead atoms. The van der Waals surface area contributed by atoms with Crippen LogP contribution in [0.3, 0.4) is 0 Å². The fraction of sp³-hybridized carbons (Fsp3) is 0.583. The molecule has 2 amide bonds. The maximum atomic E-state index is 13.3. The van der Waals surface area contributed by atoms with Crippen LogP contribution in [-0.4, -0.2) is 64.2 Å². The van der Waals surface area contributed by atoms with Gasteiger partial charge in [-0.05, 0) is 51.2 Å². The Balaban J connectivity index is 1.89. The Morgan fingerprint density at radius 3 is 2.62 bits per heavy atom. The first-order valence-corrected chi connectivity index (χ1v) is 11.5. The molecule has 2 aromatic rings. The summed E-state index contributed by atoms with van der Waals surface area (Å²) in [5.74, 6) is 0.932. The molecule has 1 aliphatic rings. The summed E-state index contributed by atoms with van der Waals surface area (Å²) in [7, 11) is 0. The van der Waals surface area contributed by atoms with Crippen LogP contribution in [0.15, 0.2) is 28.9 Å². The van der Waals surface area contributed by atoms with Crippen molar-refractivity contribution >= 4 is 11.8 Å². The Kier molecular flexibility index (Phi) is 8.25. The first kappa shape index (κ1) is 23.8. The van der Waals surface area contributed by atoms with Gasteiger partial charge in [-0.1, -0.05) is 36.3 Å². The molecule has 8 heteroatoms. The fourth-order valence-electron chi connectivity index (χ4n) is 4.11. The number of aryl methyl sites for hydroxylation is 1. The number of benzene rings is 1. The summed E-state index contributed by atoms with van der Waals surface area (Å²) < 4.78 is 11.0. The van der Waals surface area contributed by atoms with Gasteiger partial charge in [-0.3, -0.25) is 9.59 Å². The van der Waals surface area contributed by atoms with Crippen LogP contribution in [0.4, 0.5) is 0 Å². The monoisotopic (exact) mass is 442 g/mol. The second-order valence-electron chi connectivity index (χ2n) is 8.74. The molecule has 0 saturated heterocycles. The molecule has 174 valence electrons. The van der Waals surface area contributed by atoms with Crippen LogP contribution in [0.2, 0.25) is 0 Å².